The van der Waals surface area contributed by atoms with Gasteiger partial charge in [0.1, 0.15) is 0 Å². The summed E-state index contributed by atoms with van der Waals surface area (Å²) in [7, 11) is 0. The smallest absolute Gasteiger partial charge is 0.303 e. The molecule has 19 heavy (non-hydrogen) atoms. The highest BCUT2D eigenvalue weighted by Gasteiger charge is 2.25. The lowest BCUT2D eigenvalue weighted by Crippen LogP contribution is -2.38. The third-order valence-corrected chi connectivity index (χ3v) is 4.80. The number of thiophene rings is 1. The molecular formula is C14H19NO3S. The van der Waals surface area contributed by atoms with Crippen LogP contribution in [0, 0.1) is 5.92 Å². The van der Waals surface area contributed by atoms with Crippen LogP contribution in [0.2, 0.25) is 0 Å². The first-order valence-corrected chi connectivity index (χ1v) is 7.51. The highest BCUT2D eigenvalue weighted by Crippen LogP contribution is 2.24. The zero-order chi connectivity index (χ0) is 13.8. The summed E-state index contributed by atoms with van der Waals surface area (Å²) in [6, 6.07) is 3.91. The van der Waals surface area contributed by atoms with E-state index in [1.54, 1.807) is 11.3 Å². The van der Waals surface area contributed by atoms with Crippen molar-refractivity contribution in [2.24, 2.45) is 5.92 Å². The summed E-state index contributed by atoms with van der Waals surface area (Å²) in [5.41, 5.74) is 0. The Bertz CT molecular complexity index is 461. The topological polar surface area (TPSA) is 57.6 Å². The van der Waals surface area contributed by atoms with Crippen LogP contribution >= 0.6 is 11.3 Å². The van der Waals surface area contributed by atoms with E-state index in [4.69, 9.17) is 5.11 Å². The molecule has 1 amide bonds. The van der Waals surface area contributed by atoms with E-state index in [9.17, 15) is 9.59 Å². The van der Waals surface area contributed by atoms with Gasteiger partial charge in [-0.15, -0.1) is 11.3 Å². The minimum Gasteiger partial charge on any atom is -0.481 e. The molecule has 0 bridgehead atoms. The quantitative estimate of drug-likeness (QED) is 0.923. The maximum absolute atomic E-state index is 12.3. The average molecular weight is 281 g/mol. The van der Waals surface area contributed by atoms with Gasteiger partial charge >= 0.3 is 5.97 Å². The Morgan fingerprint density at radius 1 is 1.37 bits per heavy atom. The van der Waals surface area contributed by atoms with Gasteiger partial charge in [0.15, 0.2) is 0 Å². The second kappa shape index (κ2) is 6.19. The fourth-order valence-electron chi connectivity index (χ4n) is 2.43. The number of likely N-dealkylation sites (tertiary alicyclic amines) is 1. The van der Waals surface area contributed by atoms with Crippen molar-refractivity contribution < 1.29 is 14.7 Å². The maximum Gasteiger partial charge on any atom is 0.303 e. The summed E-state index contributed by atoms with van der Waals surface area (Å²) in [4.78, 5) is 26.8. The molecule has 1 aliphatic rings. The number of aliphatic carboxylic acids is 1. The standard InChI is InChI=1S/C14H19NO3S/c1-2-11-3-4-12(19-11)14(18)15-7-5-10(6-8-15)9-13(16)17/h3-4,10H,2,5-9H2,1H3,(H,16,17). The van der Waals surface area contributed by atoms with E-state index >= 15 is 0 Å². The van der Waals surface area contributed by atoms with Crippen LogP contribution in [-0.4, -0.2) is 35.0 Å². The van der Waals surface area contributed by atoms with Crippen molar-refractivity contribution in [1.29, 1.82) is 0 Å². The zero-order valence-electron chi connectivity index (χ0n) is 11.1. The monoisotopic (exact) mass is 281 g/mol. The van der Waals surface area contributed by atoms with Crippen molar-refractivity contribution in [3.05, 3.63) is 21.9 Å². The lowest BCUT2D eigenvalue weighted by Gasteiger charge is -2.31. The number of aryl methyl sites for hydroxylation is 1. The van der Waals surface area contributed by atoms with Crippen LogP contribution in [0.15, 0.2) is 12.1 Å². The number of rotatable bonds is 4. The van der Waals surface area contributed by atoms with Crippen molar-refractivity contribution in [2.75, 3.05) is 13.1 Å². The van der Waals surface area contributed by atoms with Gasteiger partial charge in [-0.3, -0.25) is 9.59 Å². The normalized spacial score (nSPS) is 16.6. The van der Waals surface area contributed by atoms with Crippen molar-refractivity contribution >= 4 is 23.2 Å². The average Bonchev–Trinajstić information content (AvgIpc) is 2.87. The maximum atomic E-state index is 12.3. The molecule has 0 spiro atoms. The zero-order valence-corrected chi connectivity index (χ0v) is 11.9. The van der Waals surface area contributed by atoms with Gasteiger partial charge in [-0.25, -0.2) is 0 Å². The van der Waals surface area contributed by atoms with Gasteiger partial charge < -0.3 is 10.0 Å². The highest BCUT2D eigenvalue weighted by atomic mass is 32.1. The fourth-order valence-corrected chi connectivity index (χ4v) is 3.34. The Kier molecular flexibility index (Phi) is 4.58. The SMILES string of the molecule is CCc1ccc(C(=O)N2CCC(CC(=O)O)CC2)s1. The predicted octanol–water partition coefficient (Wildman–Crippen LogP) is 2.64. The summed E-state index contributed by atoms with van der Waals surface area (Å²) < 4.78 is 0. The fraction of sp³-hybridized carbons (Fsp3) is 0.571. The predicted molar refractivity (Wildman–Crippen MR) is 74.6 cm³/mol. The molecule has 0 aromatic carbocycles. The first kappa shape index (κ1) is 14.1. The molecule has 4 nitrogen and oxygen atoms in total. The summed E-state index contributed by atoms with van der Waals surface area (Å²) in [5, 5.41) is 8.77. The number of carbonyl (C=O) groups excluding carboxylic acids is 1. The Hall–Kier alpha value is -1.36. The number of carboxylic acids is 1. The van der Waals surface area contributed by atoms with Crippen LogP contribution < -0.4 is 0 Å². The Labute approximate surface area is 117 Å². The van der Waals surface area contributed by atoms with Crippen molar-refractivity contribution in [3.8, 4) is 0 Å². The first-order valence-electron chi connectivity index (χ1n) is 6.70. The number of nitrogens with zero attached hydrogens (tertiary/aromatic N) is 1. The summed E-state index contributed by atoms with van der Waals surface area (Å²) in [6.45, 7) is 3.43. The molecule has 2 rings (SSSR count). The summed E-state index contributed by atoms with van der Waals surface area (Å²) in [5.74, 6) is -0.426. The van der Waals surface area contributed by atoms with Crippen molar-refractivity contribution in [2.45, 2.75) is 32.6 Å². The molecule has 1 aliphatic heterocycles. The molecule has 0 saturated carbocycles. The van der Waals surface area contributed by atoms with Crippen LogP contribution in [0.5, 0.6) is 0 Å². The van der Waals surface area contributed by atoms with Gasteiger partial charge in [0, 0.05) is 24.4 Å². The van der Waals surface area contributed by atoms with E-state index in [0.717, 1.165) is 24.1 Å². The molecule has 1 fully saturated rings. The molecule has 0 radical (unpaired) electrons. The van der Waals surface area contributed by atoms with Crippen LogP contribution in [0.1, 0.15) is 40.7 Å². The lowest BCUT2D eigenvalue weighted by atomic mass is 9.93. The Morgan fingerprint density at radius 2 is 2.05 bits per heavy atom. The second-order valence-electron chi connectivity index (χ2n) is 4.95. The molecule has 0 aliphatic carbocycles. The molecule has 1 aromatic heterocycles. The van der Waals surface area contributed by atoms with E-state index in [1.807, 2.05) is 17.0 Å². The minimum absolute atomic E-state index is 0.0958. The number of hydrogen-bond acceptors (Lipinski definition) is 3. The highest BCUT2D eigenvalue weighted by molar-refractivity contribution is 7.14. The number of carboxylic acid groups (broad SMARTS) is 1. The van der Waals surface area contributed by atoms with Gasteiger partial charge in [-0.1, -0.05) is 6.92 Å². The van der Waals surface area contributed by atoms with Crippen molar-refractivity contribution in [1.82, 2.24) is 4.90 Å². The van der Waals surface area contributed by atoms with Gasteiger partial charge in [0.25, 0.3) is 5.91 Å². The van der Waals surface area contributed by atoms with E-state index in [0.29, 0.717) is 13.1 Å². The molecular weight excluding hydrogens is 262 g/mol. The number of piperidine rings is 1. The van der Waals surface area contributed by atoms with E-state index < -0.39 is 5.97 Å². The van der Waals surface area contributed by atoms with Crippen LogP contribution in [0.3, 0.4) is 0 Å². The molecule has 104 valence electrons. The molecule has 1 saturated heterocycles. The molecule has 1 aromatic rings. The molecule has 1 N–H and O–H groups in total. The second-order valence-corrected chi connectivity index (χ2v) is 6.12. The van der Waals surface area contributed by atoms with Crippen LogP contribution in [0.4, 0.5) is 0 Å². The summed E-state index contributed by atoms with van der Waals surface area (Å²) in [6.07, 6.45) is 2.77. The molecule has 5 heteroatoms. The van der Waals surface area contributed by atoms with Gasteiger partial charge in [-0.05, 0) is 37.3 Å². The van der Waals surface area contributed by atoms with Crippen molar-refractivity contribution in [3.63, 3.8) is 0 Å². The Morgan fingerprint density at radius 3 is 2.58 bits per heavy atom. The van der Waals surface area contributed by atoms with Gasteiger partial charge in [-0.2, -0.15) is 0 Å². The van der Waals surface area contributed by atoms with Gasteiger partial charge in [0.05, 0.1) is 4.88 Å². The summed E-state index contributed by atoms with van der Waals surface area (Å²) >= 11 is 1.56. The molecule has 0 unspecified atom stereocenters. The lowest BCUT2D eigenvalue weighted by molar-refractivity contribution is -0.138. The van der Waals surface area contributed by atoms with Crippen LogP contribution in [-0.2, 0) is 11.2 Å². The molecule has 0 atom stereocenters. The largest absolute Gasteiger partial charge is 0.481 e. The number of amides is 1. The first-order chi connectivity index (χ1) is 9.10. The molecule has 2 heterocycles. The Balaban J connectivity index is 1.90. The van der Waals surface area contributed by atoms with E-state index in [-0.39, 0.29) is 18.2 Å². The minimum atomic E-state index is -0.740. The third kappa shape index (κ3) is 3.56. The van der Waals surface area contributed by atoms with E-state index in [1.165, 1.54) is 4.88 Å². The van der Waals surface area contributed by atoms with E-state index in [2.05, 4.69) is 6.92 Å². The number of carbonyl (C=O) groups is 2. The number of hydrogen-bond donors (Lipinski definition) is 1. The van der Waals surface area contributed by atoms with Gasteiger partial charge in [0.2, 0.25) is 0 Å². The third-order valence-electron chi connectivity index (χ3n) is 3.59. The van der Waals surface area contributed by atoms with Crippen LogP contribution in [0.25, 0.3) is 0 Å².